The molecule has 106 valence electrons. The molecule has 1 N–H and O–H groups in total. The van der Waals surface area contributed by atoms with E-state index in [9.17, 15) is 0 Å². The molecule has 19 heavy (non-hydrogen) atoms. The summed E-state index contributed by atoms with van der Waals surface area (Å²) >= 11 is 3.64. The zero-order chi connectivity index (χ0) is 13.3. The van der Waals surface area contributed by atoms with Crippen LogP contribution in [-0.4, -0.2) is 30.6 Å². The number of likely N-dealkylation sites (tertiary alicyclic amines) is 1. The Morgan fingerprint density at radius 2 is 1.95 bits per heavy atom. The van der Waals surface area contributed by atoms with Crippen LogP contribution in [0.4, 0.5) is 0 Å². The van der Waals surface area contributed by atoms with E-state index in [0.717, 1.165) is 10.2 Å². The van der Waals surface area contributed by atoms with Crippen molar-refractivity contribution in [1.29, 1.82) is 0 Å². The first-order valence-electron chi connectivity index (χ1n) is 7.43. The lowest BCUT2D eigenvalue weighted by Gasteiger charge is -2.44. The van der Waals surface area contributed by atoms with E-state index < -0.39 is 0 Å². The lowest BCUT2D eigenvalue weighted by molar-refractivity contribution is 0.0702. The standard InChI is InChI=1S/C15H23BrN2O/c1-17-14(13-12(16)6-11-19-13)15(7-2-3-8-15)18-9-4-5-10-18/h6,11,14,17H,2-5,7-10H2,1H3. The molecule has 2 fully saturated rings. The summed E-state index contributed by atoms with van der Waals surface area (Å²) in [5, 5.41) is 3.54. The number of nitrogens with one attached hydrogen (secondary N) is 1. The SMILES string of the molecule is CNC(c1occc1Br)C1(N2CCCC2)CCCC1. The largest absolute Gasteiger partial charge is 0.466 e. The molecule has 1 saturated heterocycles. The lowest BCUT2D eigenvalue weighted by Crippen LogP contribution is -2.53. The third-order valence-electron chi connectivity index (χ3n) is 4.94. The minimum absolute atomic E-state index is 0.256. The van der Waals surface area contributed by atoms with Gasteiger partial charge in [-0.2, -0.15) is 0 Å². The van der Waals surface area contributed by atoms with Crippen molar-refractivity contribution in [2.24, 2.45) is 0 Å². The van der Waals surface area contributed by atoms with Crippen molar-refractivity contribution in [3.63, 3.8) is 0 Å². The summed E-state index contributed by atoms with van der Waals surface area (Å²) in [6, 6.07) is 2.30. The van der Waals surface area contributed by atoms with E-state index in [4.69, 9.17) is 4.42 Å². The topological polar surface area (TPSA) is 28.4 Å². The van der Waals surface area contributed by atoms with E-state index >= 15 is 0 Å². The summed E-state index contributed by atoms with van der Waals surface area (Å²) in [6.45, 7) is 2.49. The molecule has 0 amide bonds. The zero-order valence-corrected chi connectivity index (χ0v) is 13.2. The highest BCUT2D eigenvalue weighted by atomic mass is 79.9. The molecular weight excluding hydrogens is 304 g/mol. The Hall–Kier alpha value is -0.320. The number of halogens is 1. The van der Waals surface area contributed by atoms with Crippen molar-refractivity contribution >= 4 is 15.9 Å². The molecule has 0 aromatic carbocycles. The van der Waals surface area contributed by atoms with E-state index in [1.165, 1.54) is 51.6 Å². The van der Waals surface area contributed by atoms with Gasteiger partial charge in [-0.3, -0.25) is 4.90 Å². The highest BCUT2D eigenvalue weighted by Gasteiger charge is 2.48. The molecule has 0 bridgehead atoms. The molecule has 3 nitrogen and oxygen atoms in total. The Balaban J connectivity index is 1.95. The first-order chi connectivity index (χ1) is 9.28. The van der Waals surface area contributed by atoms with Crippen LogP contribution in [0.15, 0.2) is 21.2 Å². The van der Waals surface area contributed by atoms with Crippen LogP contribution in [0.3, 0.4) is 0 Å². The number of rotatable bonds is 4. The smallest absolute Gasteiger partial charge is 0.136 e. The average molecular weight is 327 g/mol. The minimum atomic E-state index is 0.256. The number of hydrogen-bond acceptors (Lipinski definition) is 3. The molecule has 0 radical (unpaired) electrons. The summed E-state index contributed by atoms with van der Waals surface area (Å²) in [5.41, 5.74) is 0.256. The normalized spacial score (nSPS) is 24.9. The van der Waals surface area contributed by atoms with Crippen molar-refractivity contribution in [2.75, 3.05) is 20.1 Å². The van der Waals surface area contributed by atoms with Gasteiger partial charge in [-0.15, -0.1) is 0 Å². The highest BCUT2D eigenvalue weighted by molar-refractivity contribution is 9.10. The van der Waals surface area contributed by atoms with Crippen LogP contribution in [0.5, 0.6) is 0 Å². The molecule has 4 heteroatoms. The predicted molar refractivity (Wildman–Crippen MR) is 80.2 cm³/mol. The number of likely N-dealkylation sites (N-methyl/N-ethyl adjacent to an activating group) is 1. The van der Waals surface area contributed by atoms with Crippen molar-refractivity contribution in [2.45, 2.75) is 50.1 Å². The Kier molecular flexibility index (Phi) is 4.01. The second kappa shape index (κ2) is 5.58. The molecule has 1 aromatic heterocycles. The fourth-order valence-corrected chi connectivity index (χ4v) is 4.52. The van der Waals surface area contributed by atoms with Gasteiger partial charge in [0, 0.05) is 5.54 Å². The number of furan rings is 1. The summed E-state index contributed by atoms with van der Waals surface area (Å²) in [7, 11) is 2.07. The maximum absolute atomic E-state index is 5.78. The van der Waals surface area contributed by atoms with Gasteiger partial charge in [-0.05, 0) is 67.8 Å². The average Bonchev–Trinajstić information content (AvgIpc) is 3.12. The van der Waals surface area contributed by atoms with E-state index in [0.29, 0.717) is 0 Å². The molecule has 1 saturated carbocycles. The zero-order valence-electron chi connectivity index (χ0n) is 11.6. The number of nitrogens with zero attached hydrogens (tertiary/aromatic N) is 1. The van der Waals surface area contributed by atoms with Gasteiger partial charge in [0.1, 0.15) is 5.76 Å². The lowest BCUT2D eigenvalue weighted by atomic mass is 9.84. The maximum atomic E-state index is 5.78. The van der Waals surface area contributed by atoms with Crippen LogP contribution in [-0.2, 0) is 0 Å². The molecule has 2 aliphatic rings. The van der Waals surface area contributed by atoms with Gasteiger partial charge in [-0.25, -0.2) is 0 Å². The van der Waals surface area contributed by atoms with Gasteiger partial charge in [0.2, 0.25) is 0 Å². The summed E-state index contributed by atoms with van der Waals surface area (Å²) < 4.78 is 6.87. The molecule has 3 rings (SSSR count). The molecular formula is C15H23BrN2O. The highest BCUT2D eigenvalue weighted by Crippen LogP contribution is 2.47. The molecule has 1 aromatic rings. The van der Waals surface area contributed by atoms with Crippen molar-refractivity contribution in [1.82, 2.24) is 10.2 Å². The summed E-state index contributed by atoms with van der Waals surface area (Å²) in [6.07, 6.45) is 9.72. The fourth-order valence-electron chi connectivity index (χ4n) is 4.09. The summed E-state index contributed by atoms with van der Waals surface area (Å²) in [5.74, 6) is 1.07. The quantitative estimate of drug-likeness (QED) is 0.914. The molecule has 1 aliphatic carbocycles. The molecule has 0 spiro atoms. The molecule has 1 unspecified atom stereocenters. The van der Waals surface area contributed by atoms with Crippen molar-refractivity contribution in [3.05, 3.63) is 22.6 Å². The van der Waals surface area contributed by atoms with Gasteiger partial charge in [0.25, 0.3) is 0 Å². The third-order valence-corrected chi connectivity index (χ3v) is 5.59. The molecule has 1 atom stereocenters. The molecule has 2 heterocycles. The van der Waals surface area contributed by atoms with E-state index in [-0.39, 0.29) is 11.6 Å². The monoisotopic (exact) mass is 326 g/mol. The second-order valence-electron chi connectivity index (χ2n) is 5.86. The first kappa shape index (κ1) is 13.7. The van der Waals surface area contributed by atoms with Crippen LogP contribution < -0.4 is 5.32 Å². The van der Waals surface area contributed by atoms with Crippen LogP contribution in [0.1, 0.15) is 50.3 Å². The van der Waals surface area contributed by atoms with E-state index in [2.05, 4.69) is 33.2 Å². The predicted octanol–water partition coefficient (Wildman–Crippen LogP) is 3.71. The van der Waals surface area contributed by atoms with Crippen LogP contribution in [0.2, 0.25) is 0 Å². The Bertz CT molecular complexity index is 420. The number of hydrogen-bond donors (Lipinski definition) is 1. The maximum Gasteiger partial charge on any atom is 0.136 e. The summed E-state index contributed by atoms with van der Waals surface area (Å²) in [4.78, 5) is 2.72. The van der Waals surface area contributed by atoms with Crippen LogP contribution in [0.25, 0.3) is 0 Å². The third kappa shape index (κ3) is 2.28. The van der Waals surface area contributed by atoms with Crippen LogP contribution in [0, 0.1) is 0 Å². The fraction of sp³-hybridized carbons (Fsp3) is 0.733. The van der Waals surface area contributed by atoms with Crippen molar-refractivity contribution < 1.29 is 4.42 Å². The van der Waals surface area contributed by atoms with Gasteiger partial charge in [0.15, 0.2) is 0 Å². The first-order valence-corrected chi connectivity index (χ1v) is 8.22. The van der Waals surface area contributed by atoms with Crippen molar-refractivity contribution in [3.8, 4) is 0 Å². The van der Waals surface area contributed by atoms with Gasteiger partial charge in [-0.1, -0.05) is 12.8 Å². The van der Waals surface area contributed by atoms with Gasteiger partial charge >= 0.3 is 0 Å². The molecule has 1 aliphatic heterocycles. The van der Waals surface area contributed by atoms with E-state index in [1.54, 1.807) is 6.26 Å². The van der Waals surface area contributed by atoms with Gasteiger partial charge < -0.3 is 9.73 Å². The Morgan fingerprint density at radius 3 is 2.47 bits per heavy atom. The second-order valence-corrected chi connectivity index (χ2v) is 6.71. The van der Waals surface area contributed by atoms with Crippen LogP contribution >= 0.6 is 15.9 Å². The van der Waals surface area contributed by atoms with Gasteiger partial charge in [0.05, 0.1) is 16.8 Å². The Morgan fingerprint density at radius 1 is 1.26 bits per heavy atom. The van der Waals surface area contributed by atoms with E-state index in [1.807, 2.05) is 6.07 Å². The Labute approximate surface area is 123 Å². The minimum Gasteiger partial charge on any atom is -0.466 e.